The van der Waals surface area contributed by atoms with Gasteiger partial charge in [-0.3, -0.25) is 4.98 Å². The number of hydrogen-bond donors (Lipinski definition) is 2. The largest absolute Gasteiger partial charge is 0.382 e. The SMILES string of the molecule is CCCOCCCNc1snc(N)c1-c1cccnc1. The third-order valence-corrected chi connectivity index (χ3v) is 3.59. The van der Waals surface area contributed by atoms with Crippen molar-refractivity contribution in [3.63, 3.8) is 0 Å². The number of nitrogen functional groups attached to an aromatic ring is 1. The highest BCUT2D eigenvalue weighted by Crippen LogP contribution is 2.36. The van der Waals surface area contributed by atoms with Crippen LogP contribution in [0.3, 0.4) is 0 Å². The third kappa shape index (κ3) is 3.91. The van der Waals surface area contributed by atoms with E-state index in [0.29, 0.717) is 5.82 Å². The molecule has 5 nitrogen and oxygen atoms in total. The van der Waals surface area contributed by atoms with Crippen LogP contribution in [0.15, 0.2) is 24.5 Å². The molecule has 0 aliphatic rings. The third-order valence-electron chi connectivity index (χ3n) is 2.77. The van der Waals surface area contributed by atoms with E-state index in [-0.39, 0.29) is 0 Å². The lowest BCUT2D eigenvalue weighted by Crippen LogP contribution is -2.06. The van der Waals surface area contributed by atoms with Gasteiger partial charge in [-0.1, -0.05) is 13.0 Å². The molecule has 6 heteroatoms. The molecule has 0 aliphatic carbocycles. The molecule has 0 fully saturated rings. The summed E-state index contributed by atoms with van der Waals surface area (Å²) in [7, 11) is 0. The van der Waals surface area contributed by atoms with Gasteiger partial charge in [-0.2, -0.15) is 4.37 Å². The Morgan fingerprint density at radius 1 is 1.40 bits per heavy atom. The average Bonchev–Trinajstić information content (AvgIpc) is 2.84. The van der Waals surface area contributed by atoms with Crippen molar-refractivity contribution in [3.8, 4) is 11.1 Å². The van der Waals surface area contributed by atoms with Gasteiger partial charge < -0.3 is 15.8 Å². The lowest BCUT2D eigenvalue weighted by atomic mass is 10.1. The molecule has 0 bridgehead atoms. The molecule has 3 N–H and O–H groups in total. The zero-order valence-corrected chi connectivity index (χ0v) is 12.4. The normalized spacial score (nSPS) is 10.7. The maximum absolute atomic E-state index is 5.95. The Morgan fingerprint density at radius 3 is 3.05 bits per heavy atom. The van der Waals surface area contributed by atoms with E-state index in [9.17, 15) is 0 Å². The van der Waals surface area contributed by atoms with E-state index >= 15 is 0 Å². The molecule has 108 valence electrons. The molecule has 0 unspecified atom stereocenters. The van der Waals surface area contributed by atoms with Crippen molar-refractivity contribution in [3.05, 3.63) is 24.5 Å². The molecule has 0 amide bonds. The molecule has 0 saturated heterocycles. The van der Waals surface area contributed by atoms with Crippen LogP contribution in [-0.2, 0) is 4.74 Å². The Hall–Kier alpha value is -1.66. The first kappa shape index (κ1) is 14.7. The van der Waals surface area contributed by atoms with Crippen molar-refractivity contribution in [2.75, 3.05) is 30.8 Å². The van der Waals surface area contributed by atoms with E-state index < -0.39 is 0 Å². The summed E-state index contributed by atoms with van der Waals surface area (Å²) in [4.78, 5) is 4.13. The van der Waals surface area contributed by atoms with Crippen molar-refractivity contribution < 1.29 is 4.74 Å². The highest BCUT2D eigenvalue weighted by Gasteiger charge is 2.13. The summed E-state index contributed by atoms with van der Waals surface area (Å²) in [5.74, 6) is 0.549. The van der Waals surface area contributed by atoms with Crippen molar-refractivity contribution in [2.45, 2.75) is 19.8 Å². The van der Waals surface area contributed by atoms with Crippen LogP contribution in [-0.4, -0.2) is 29.1 Å². The van der Waals surface area contributed by atoms with Crippen LogP contribution in [0.1, 0.15) is 19.8 Å². The smallest absolute Gasteiger partial charge is 0.147 e. The zero-order chi connectivity index (χ0) is 14.2. The average molecular weight is 292 g/mol. The molecule has 0 aromatic carbocycles. The molecule has 20 heavy (non-hydrogen) atoms. The molecule has 0 spiro atoms. The number of anilines is 2. The maximum Gasteiger partial charge on any atom is 0.147 e. The van der Waals surface area contributed by atoms with Crippen LogP contribution >= 0.6 is 11.5 Å². The van der Waals surface area contributed by atoms with Gasteiger partial charge in [-0.05, 0) is 30.4 Å². The number of hydrogen-bond acceptors (Lipinski definition) is 6. The summed E-state index contributed by atoms with van der Waals surface area (Å²) >= 11 is 1.38. The fraction of sp³-hybridized carbons (Fsp3) is 0.429. The number of rotatable bonds is 8. The van der Waals surface area contributed by atoms with Crippen LogP contribution < -0.4 is 11.1 Å². The Balaban J connectivity index is 1.93. The van der Waals surface area contributed by atoms with Crippen LogP contribution in [0.25, 0.3) is 11.1 Å². The van der Waals surface area contributed by atoms with E-state index in [1.165, 1.54) is 11.5 Å². The topological polar surface area (TPSA) is 73.1 Å². The highest BCUT2D eigenvalue weighted by molar-refractivity contribution is 7.11. The van der Waals surface area contributed by atoms with Crippen LogP contribution in [0.5, 0.6) is 0 Å². The summed E-state index contributed by atoms with van der Waals surface area (Å²) in [6.45, 7) is 4.56. The summed E-state index contributed by atoms with van der Waals surface area (Å²) in [5.41, 5.74) is 7.88. The first-order valence-corrected chi connectivity index (χ1v) is 7.57. The van der Waals surface area contributed by atoms with Gasteiger partial charge in [0.05, 0.1) is 5.56 Å². The van der Waals surface area contributed by atoms with Gasteiger partial charge in [0.1, 0.15) is 10.8 Å². The van der Waals surface area contributed by atoms with Gasteiger partial charge in [0.15, 0.2) is 0 Å². The first-order chi connectivity index (χ1) is 9.83. The summed E-state index contributed by atoms with van der Waals surface area (Å²) in [5, 5.41) is 4.37. The van der Waals surface area contributed by atoms with Gasteiger partial charge in [0.25, 0.3) is 0 Å². The Kier molecular flexibility index (Phi) is 5.76. The Bertz CT molecular complexity index is 515. The monoisotopic (exact) mass is 292 g/mol. The Morgan fingerprint density at radius 2 is 2.30 bits per heavy atom. The fourth-order valence-electron chi connectivity index (χ4n) is 1.84. The fourth-order valence-corrected chi connectivity index (χ4v) is 2.60. The van der Waals surface area contributed by atoms with Crippen LogP contribution in [0.2, 0.25) is 0 Å². The molecule has 2 aromatic heterocycles. The Labute approximate surface area is 123 Å². The molecular weight excluding hydrogens is 272 g/mol. The number of ether oxygens (including phenoxy) is 1. The number of pyridine rings is 1. The first-order valence-electron chi connectivity index (χ1n) is 6.80. The summed E-state index contributed by atoms with van der Waals surface area (Å²) < 4.78 is 9.67. The second-order valence-corrected chi connectivity index (χ2v) is 5.18. The molecule has 0 saturated carbocycles. The molecule has 0 radical (unpaired) electrons. The number of nitrogens with two attached hydrogens (primary N) is 1. The van der Waals surface area contributed by atoms with Crippen LogP contribution in [0.4, 0.5) is 10.8 Å². The molecular formula is C14H20N4OS. The minimum atomic E-state index is 0.549. The van der Waals surface area contributed by atoms with Gasteiger partial charge in [-0.25, -0.2) is 0 Å². The van der Waals surface area contributed by atoms with Gasteiger partial charge in [-0.15, -0.1) is 0 Å². The summed E-state index contributed by atoms with van der Waals surface area (Å²) in [6, 6.07) is 3.89. The quantitative estimate of drug-likeness (QED) is 0.732. The van der Waals surface area contributed by atoms with Gasteiger partial charge in [0, 0.05) is 37.7 Å². The van der Waals surface area contributed by atoms with E-state index in [2.05, 4.69) is 21.6 Å². The zero-order valence-electron chi connectivity index (χ0n) is 11.6. The van der Waals surface area contributed by atoms with E-state index in [4.69, 9.17) is 10.5 Å². The minimum absolute atomic E-state index is 0.549. The van der Waals surface area contributed by atoms with Gasteiger partial charge in [0.2, 0.25) is 0 Å². The number of nitrogens with one attached hydrogen (secondary N) is 1. The van der Waals surface area contributed by atoms with Crippen molar-refractivity contribution in [2.24, 2.45) is 0 Å². The molecule has 2 rings (SSSR count). The van der Waals surface area contributed by atoms with Gasteiger partial charge >= 0.3 is 0 Å². The predicted octanol–water partition coefficient (Wildman–Crippen LogP) is 3.02. The molecule has 0 atom stereocenters. The maximum atomic E-state index is 5.95. The number of aromatic nitrogens is 2. The standard InChI is InChI=1S/C14H20N4OS/c1-2-8-19-9-4-7-17-14-12(13(15)18-20-14)11-5-3-6-16-10-11/h3,5-6,10,17H,2,4,7-9H2,1H3,(H2,15,18). The molecule has 2 aromatic rings. The second-order valence-electron chi connectivity index (χ2n) is 4.41. The minimum Gasteiger partial charge on any atom is -0.382 e. The summed E-state index contributed by atoms with van der Waals surface area (Å²) in [6.07, 6.45) is 5.57. The lowest BCUT2D eigenvalue weighted by molar-refractivity contribution is 0.134. The highest BCUT2D eigenvalue weighted by atomic mass is 32.1. The van der Waals surface area contributed by atoms with Crippen molar-refractivity contribution in [1.29, 1.82) is 0 Å². The molecule has 0 aliphatic heterocycles. The van der Waals surface area contributed by atoms with Crippen LogP contribution in [0, 0.1) is 0 Å². The van der Waals surface area contributed by atoms with E-state index in [0.717, 1.165) is 48.7 Å². The second kappa shape index (κ2) is 7.81. The lowest BCUT2D eigenvalue weighted by Gasteiger charge is -2.07. The number of nitrogens with zero attached hydrogens (tertiary/aromatic N) is 2. The van der Waals surface area contributed by atoms with E-state index in [1.807, 2.05) is 12.1 Å². The predicted molar refractivity (Wildman–Crippen MR) is 84.0 cm³/mol. The van der Waals surface area contributed by atoms with E-state index in [1.54, 1.807) is 12.4 Å². The van der Waals surface area contributed by atoms with Crippen molar-refractivity contribution >= 4 is 22.4 Å². The van der Waals surface area contributed by atoms with Crippen molar-refractivity contribution in [1.82, 2.24) is 9.36 Å². The molecule has 2 heterocycles.